The van der Waals surface area contributed by atoms with Crippen LogP contribution in [0.4, 0.5) is 13.2 Å². The molecule has 0 N–H and O–H groups in total. The maximum absolute atomic E-state index is 14.5. The summed E-state index contributed by atoms with van der Waals surface area (Å²) in [6.45, 7) is 0. The van der Waals surface area contributed by atoms with E-state index < -0.39 is 17.5 Å². The van der Waals surface area contributed by atoms with Crippen molar-refractivity contribution in [2.75, 3.05) is 0 Å². The molecule has 140 valence electrons. The van der Waals surface area contributed by atoms with E-state index in [0.29, 0.717) is 22.4 Å². The van der Waals surface area contributed by atoms with Crippen molar-refractivity contribution in [3.05, 3.63) is 95.9 Å². The van der Waals surface area contributed by atoms with Gasteiger partial charge in [-0.1, -0.05) is 24.3 Å². The second-order valence-corrected chi connectivity index (χ2v) is 6.31. The predicted octanol–water partition coefficient (Wildman–Crippen LogP) is 5.77. The maximum Gasteiger partial charge on any atom is 0.132 e. The van der Waals surface area contributed by atoms with Crippen LogP contribution in [-0.4, -0.2) is 10.2 Å². The molecule has 0 aliphatic rings. The summed E-state index contributed by atoms with van der Waals surface area (Å²) in [5.41, 5.74) is 2.05. The summed E-state index contributed by atoms with van der Waals surface area (Å²) in [5, 5.41) is 17.3. The van der Waals surface area contributed by atoms with Crippen LogP contribution >= 0.6 is 0 Å². The SMILES string of the molecule is N#Cc1cccc(F)c1-c1cc(-c2cnnc(-c3cccc(F)c3)c2)ccc1F. The number of halogens is 3. The van der Waals surface area contributed by atoms with Gasteiger partial charge in [-0.3, -0.25) is 0 Å². The van der Waals surface area contributed by atoms with E-state index in [1.54, 1.807) is 18.2 Å². The molecule has 1 aromatic heterocycles. The Morgan fingerprint density at radius 3 is 2.38 bits per heavy atom. The first-order chi connectivity index (χ1) is 14.1. The summed E-state index contributed by atoms with van der Waals surface area (Å²) in [6, 6.07) is 17.7. The molecule has 4 rings (SSSR count). The Hall–Kier alpha value is -3.98. The van der Waals surface area contributed by atoms with Crippen LogP contribution in [0, 0.1) is 28.8 Å². The van der Waals surface area contributed by atoms with Crippen LogP contribution in [0.1, 0.15) is 5.56 Å². The molecule has 29 heavy (non-hydrogen) atoms. The number of hydrogen-bond acceptors (Lipinski definition) is 3. The fraction of sp³-hybridized carbons (Fsp3) is 0. The molecule has 0 fully saturated rings. The van der Waals surface area contributed by atoms with Gasteiger partial charge in [-0.05, 0) is 48.0 Å². The molecule has 0 bridgehead atoms. The monoisotopic (exact) mass is 387 g/mol. The Morgan fingerprint density at radius 2 is 1.59 bits per heavy atom. The van der Waals surface area contributed by atoms with Crippen molar-refractivity contribution in [1.82, 2.24) is 10.2 Å². The van der Waals surface area contributed by atoms with Crippen molar-refractivity contribution in [3.63, 3.8) is 0 Å². The number of hydrogen-bond donors (Lipinski definition) is 0. The molecule has 0 saturated heterocycles. The number of aromatic nitrogens is 2. The zero-order valence-corrected chi connectivity index (χ0v) is 14.9. The summed E-state index contributed by atoms with van der Waals surface area (Å²) >= 11 is 0. The molecule has 3 nitrogen and oxygen atoms in total. The van der Waals surface area contributed by atoms with E-state index in [4.69, 9.17) is 0 Å². The number of nitriles is 1. The lowest BCUT2D eigenvalue weighted by Gasteiger charge is -2.10. The van der Waals surface area contributed by atoms with Crippen LogP contribution < -0.4 is 0 Å². The zero-order valence-electron chi connectivity index (χ0n) is 14.9. The number of benzene rings is 3. The van der Waals surface area contributed by atoms with Gasteiger partial charge < -0.3 is 0 Å². The second-order valence-electron chi connectivity index (χ2n) is 6.31. The van der Waals surface area contributed by atoms with Crippen molar-refractivity contribution in [1.29, 1.82) is 5.26 Å². The highest BCUT2D eigenvalue weighted by atomic mass is 19.1. The van der Waals surface area contributed by atoms with Gasteiger partial charge in [0.05, 0.1) is 23.5 Å². The summed E-state index contributed by atoms with van der Waals surface area (Å²) < 4.78 is 42.4. The molecule has 0 radical (unpaired) electrons. The van der Waals surface area contributed by atoms with Gasteiger partial charge in [0.15, 0.2) is 0 Å². The van der Waals surface area contributed by atoms with E-state index in [9.17, 15) is 18.4 Å². The van der Waals surface area contributed by atoms with Crippen molar-refractivity contribution in [2.24, 2.45) is 0 Å². The Kier molecular flexibility index (Phi) is 4.80. The molecule has 0 spiro atoms. The lowest BCUT2D eigenvalue weighted by Crippen LogP contribution is -1.95. The van der Waals surface area contributed by atoms with Gasteiger partial charge in [-0.2, -0.15) is 15.5 Å². The van der Waals surface area contributed by atoms with E-state index in [1.165, 1.54) is 54.7 Å². The summed E-state index contributed by atoms with van der Waals surface area (Å²) in [4.78, 5) is 0. The molecule has 1 heterocycles. The van der Waals surface area contributed by atoms with Gasteiger partial charge in [0.2, 0.25) is 0 Å². The van der Waals surface area contributed by atoms with Crippen LogP contribution in [0.25, 0.3) is 33.5 Å². The van der Waals surface area contributed by atoms with E-state index in [2.05, 4.69) is 10.2 Å². The molecule has 4 aromatic rings. The third-order valence-electron chi connectivity index (χ3n) is 4.48. The van der Waals surface area contributed by atoms with Gasteiger partial charge in [0, 0.05) is 22.3 Å². The Morgan fingerprint density at radius 1 is 0.759 bits per heavy atom. The van der Waals surface area contributed by atoms with Gasteiger partial charge >= 0.3 is 0 Å². The molecular formula is C23H12F3N3. The average Bonchev–Trinajstić information content (AvgIpc) is 2.74. The molecule has 0 aliphatic heterocycles. The largest absolute Gasteiger partial charge is 0.207 e. The smallest absolute Gasteiger partial charge is 0.132 e. The van der Waals surface area contributed by atoms with Gasteiger partial charge in [0.1, 0.15) is 17.5 Å². The molecule has 0 atom stereocenters. The van der Waals surface area contributed by atoms with E-state index in [0.717, 1.165) is 0 Å². The highest BCUT2D eigenvalue weighted by Crippen LogP contribution is 2.33. The summed E-state index contributed by atoms with van der Waals surface area (Å²) in [6.07, 6.45) is 1.48. The third kappa shape index (κ3) is 3.58. The van der Waals surface area contributed by atoms with E-state index in [1.807, 2.05) is 6.07 Å². The second kappa shape index (κ2) is 7.56. The average molecular weight is 387 g/mol. The zero-order chi connectivity index (χ0) is 20.4. The number of rotatable bonds is 3. The molecule has 0 aliphatic carbocycles. The molecule has 0 saturated carbocycles. The van der Waals surface area contributed by atoms with Gasteiger partial charge in [-0.15, -0.1) is 0 Å². The minimum absolute atomic E-state index is 0.0266. The van der Waals surface area contributed by atoms with Crippen LogP contribution in [0.3, 0.4) is 0 Å². The normalized spacial score (nSPS) is 10.6. The van der Waals surface area contributed by atoms with Gasteiger partial charge in [-0.25, -0.2) is 13.2 Å². The van der Waals surface area contributed by atoms with Crippen molar-refractivity contribution in [2.45, 2.75) is 0 Å². The minimum Gasteiger partial charge on any atom is -0.207 e. The van der Waals surface area contributed by atoms with Crippen molar-refractivity contribution >= 4 is 0 Å². The molecular weight excluding hydrogens is 375 g/mol. The fourth-order valence-corrected chi connectivity index (χ4v) is 3.10. The van der Waals surface area contributed by atoms with E-state index in [-0.39, 0.29) is 16.7 Å². The van der Waals surface area contributed by atoms with Crippen LogP contribution in [0.15, 0.2) is 72.9 Å². The predicted molar refractivity (Wildman–Crippen MR) is 103 cm³/mol. The summed E-state index contributed by atoms with van der Waals surface area (Å²) in [5.74, 6) is -1.74. The first-order valence-corrected chi connectivity index (χ1v) is 8.64. The number of nitrogens with zero attached hydrogens (tertiary/aromatic N) is 3. The Labute approximate surface area is 164 Å². The van der Waals surface area contributed by atoms with Crippen LogP contribution in [0.2, 0.25) is 0 Å². The first kappa shape index (κ1) is 18.4. The Balaban J connectivity index is 1.84. The molecule has 0 amide bonds. The van der Waals surface area contributed by atoms with Crippen molar-refractivity contribution in [3.8, 4) is 39.6 Å². The lowest BCUT2D eigenvalue weighted by molar-refractivity contribution is 0.616. The van der Waals surface area contributed by atoms with Crippen molar-refractivity contribution < 1.29 is 13.2 Å². The standard InChI is InChI=1S/C23H12F3N3/c24-18-5-1-3-15(9-18)22-11-17(13-28-29-22)14-7-8-20(25)19(10-14)23-16(12-27)4-2-6-21(23)26/h1-11,13H. The molecule has 3 aromatic carbocycles. The highest BCUT2D eigenvalue weighted by molar-refractivity contribution is 5.78. The molecule has 6 heteroatoms. The van der Waals surface area contributed by atoms with Crippen LogP contribution in [-0.2, 0) is 0 Å². The van der Waals surface area contributed by atoms with E-state index >= 15 is 0 Å². The maximum atomic E-state index is 14.5. The van der Waals surface area contributed by atoms with Gasteiger partial charge in [0.25, 0.3) is 0 Å². The lowest BCUT2D eigenvalue weighted by atomic mass is 9.95. The third-order valence-corrected chi connectivity index (χ3v) is 4.48. The van der Waals surface area contributed by atoms with Crippen LogP contribution in [0.5, 0.6) is 0 Å². The molecule has 0 unspecified atom stereocenters. The Bertz CT molecular complexity index is 1260. The fourth-order valence-electron chi connectivity index (χ4n) is 3.10. The highest BCUT2D eigenvalue weighted by Gasteiger charge is 2.16. The topological polar surface area (TPSA) is 49.6 Å². The summed E-state index contributed by atoms with van der Waals surface area (Å²) in [7, 11) is 0. The quantitative estimate of drug-likeness (QED) is 0.449. The first-order valence-electron chi connectivity index (χ1n) is 8.64. The minimum atomic E-state index is -0.687.